The van der Waals surface area contributed by atoms with Gasteiger partial charge < -0.3 is 9.31 Å². The van der Waals surface area contributed by atoms with Crippen LogP contribution in [0.1, 0.15) is 47.2 Å². The quantitative estimate of drug-likeness (QED) is 0.192. The van der Waals surface area contributed by atoms with Gasteiger partial charge in [-0.15, -0.1) is 0 Å². The molecule has 0 N–H and O–H groups in total. The lowest BCUT2D eigenvalue weighted by atomic mass is 9.90. The van der Waals surface area contributed by atoms with Crippen LogP contribution < -0.4 is 0 Å². The van der Waals surface area contributed by atoms with E-state index in [4.69, 9.17) is 9.31 Å². The van der Waals surface area contributed by atoms with Crippen molar-refractivity contribution in [2.24, 2.45) is 0 Å². The number of halogens is 3. The van der Waals surface area contributed by atoms with Crippen molar-refractivity contribution in [3.63, 3.8) is 0 Å². The van der Waals surface area contributed by atoms with E-state index < -0.39 is 0 Å². The average molecular weight is 650 g/mol. The summed E-state index contributed by atoms with van der Waals surface area (Å²) in [6.07, 6.45) is 9.45. The molecule has 2 aromatic rings. The number of nitrogens with zero attached hydrogens (tertiary/aromatic N) is 2. The fourth-order valence-corrected chi connectivity index (χ4v) is 2.93. The van der Waals surface area contributed by atoms with Gasteiger partial charge in [0.2, 0.25) is 0 Å². The first kappa shape index (κ1) is 27.5. The summed E-state index contributed by atoms with van der Waals surface area (Å²) in [4.78, 5) is 8.15. The summed E-state index contributed by atoms with van der Waals surface area (Å²) in [6, 6.07) is 7.85. The summed E-state index contributed by atoms with van der Waals surface area (Å²) in [5.41, 5.74) is 0.569. The van der Waals surface area contributed by atoms with Gasteiger partial charge in [0.05, 0.1) is 16.9 Å². The second-order valence-electron chi connectivity index (χ2n) is 7.35. The largest absolute Gasteiger partial charge is 0.486 e. The maximum Gasteiger partial charge on any atom is 0.486 e. The number of hydrogen-bond donors (Lipinski definition) is 0. The van der Waals surface area contributed by atoms with E-state index in [2.05, 4.69) is 92.1 Å². The standard InChI is InChI=1S/C9H17BO2.C8H8BrN.C5H3BrIN/c1-6-7-10-11-8(2,3)9(4,5)12-10;1-2-3-8-5-4-7(9)6-10-8;6-4-1-2-5(7)8-3-4/h6-7H,1-5H3;2-6H,1H3;1-3H/b7-6+;3-2+;. The minimum absolute atomic E-state index is 0.181. The fourth-order valence-electron chi connectivity index (χ4n) is 2.14. The van der Waals surface area contributed by atoms with Gasteiger partial charge in [0.15, 0.2) is 0 Å². The molecule has 2 aromatic heterocycles. The van der Waals surface area contributed by atoms with Crippen LogP contribution in [0.4, 0.5) is 0 Å². The smallest absolute Gasteiger partial charge is 0.400 e. The number of hydrogen-bond acceptors (Lipinski definition) is 4. The van der Waals surface area contributed by atoms with Gasteiger partial charge >= 0.3 is 7.12 Å². The molecule has 1 aliphatic rings. The molecule has 1 saturated heterocycles. The predicted octanol–water partition coefficient (Wildman–Crippen LogP) is 7.52. The Kier molecular flexibility index (Phi) is 12.0. The molecule has 30 heavy (non-hydrogen) atoms. The number of pyridine rings is 2. The molecule has 0 spiro atoms. The van der Waals surface area contributed by atoms with Gasteiger partial charge in [0, 0.05) is 21.3 Å². The minimum Gasteiger partial charge on any atom is -0.400 e. The molecular formula is C22H28BBr2IN2O2. The zero-order valence-electron chi connectivity index (χ0n) is 18.2. The molecular weight excluding hydrogens is 622 g/mol. The van der Waals surface area contributed by atoms with Crippen LogP contribution in [0.25, 0.3) is 6.08 Å². The fraction of sp³-hybridized carbons (Fsp3) is 0.364. The first-order valence-corrected chi connectivity index (χ1v) is 12.2. The molecule has 0 aromatic carbocycles. The van der Waals surface area contributed by atoms with E-state index in [1.165, 1.54) is 0 Å². The highest BCUT2D eigenvalue weighted by Gasteiger charge is 2.49. The molecule has 0 saturated carbocycles. The highest BCUT2D eigenvalue weighted by Crippen LogP contribution is 2.36. The Morgan fingerprint density at radius 2 is 1.40 bits per heavy atom. The Hall–Kier alpha value is -0.545. The maximum absolute atomic E-state index is 5.70. The summed E-state index contributed by atoms with van der Waals surface area (Å²) in [5.74, 6) is 1.93. The SMILES string of the molecule is Brc1ccc(I)nc1.C/C=C/B1OC(C)(C)C(C)(C)O1.C/C=C/c1ccc(Br)cn1. The summed E-state index contributed by atoms with van der Waals surface area (Å²) in [6.45, 7) is 12.1. The molecule has 8 heteroatoms. The minimum atomic E-state index is -0.211. The molecule has 0 amide bonds. The molecule has 0 aliphatic carbocycles. The van der Waals surface area contributed by atoms with E-state index in [1.54, 1.807) is 12.4 Å². The Morgan fingerprint density at radius 1 is 0.867 bits per heavy atom. The first-order valence-electron chi connectivity index (χ1n) is 9.50. The molecule has 3 heterocycles. The molecule has 0 bridgehead atoms. The van der Waals surface area contributed by atoms with Crippen LogP contribution in [-0.4, -0.2) is 28.3 Å². The Labute approximate surface area is 211 Å². The lowest BCUT2D eigenvalue weighted by molar-refractivity contribution is 0.00578. The van der Waals surface area contributed by atoms with Crippen LogP contribution >= 0.6 is 54.5 Å². The van der Waals surface area contributed by atoms with E-state index in [-0.39, 0.29) is 18.3 Å². The van der Waals surface area contributed by atoms with Crippen LogP contribution in [0.2, 0.25) is 0 Å². The van der Waals surface area contributed by atoms with Crippen LogP contribution in [0.5, 0.6) is 0 Å². The third-order valence-electron chi connectivity index (χ3n) is 4.40. The van der Waals surface area contributed by atoms with Crippen LogP contribution in [0.3, 0.4) is 0 Å². The number of allylic oxidation sites excluding steroid dienone is 2. The van der Waals surface area contributed by atoms with Crippen molar-refractivity contribution in [1.82, 2.24) is 9.97 Å². The highest BCUT2D eigenvalue weighted by molar-refractivity contribution is 14.1. The first-order chi connectivity index (χ1) is 14.0. The van der Waals surface area contributed by atoms with E-state index in [0.29, 0.717) is 0 Å². The lowest BCUT2D eigenvalue weighted by Crippen LogP contribution is -2.41. The van der Waals surface area contributed by atoms with Crippen molar-refractivity contribution in [3.8, 4) is 0 Å². The second kappa shape index (κ2) is 13.1. The predicted molar refractivity (Wildman–Crippen MR) is 142 cm³/mol. The summed E-state index contributed by atoms with van der Waals surface area (Å²) >= 11 is 8.75. The molecule has 0 radical (unpaired) electrons. The molecule has 4 nitrogen and oxygen atoms in total. The molecule has 1 fully saturated rings. The average Bonchev–Trinajstić information content (AvgIpc) is 2.87. The van der Waals surface area contributed by atoms with Gasteiger partial charge in [-0.3, -0.25) is 4.98 Å². The highest BCUT2D eigenvalue weighted by atomic mass is 127. The molecule has 3 rings (SSSR count). The van der Waals surface area contributed by atoms with Gasteiger partial charge in [-0.05, 0) is 126 Å². The van der Waals surface area contributed by atoms with Crippen molar-refractivity contribution in [3.05, 3.63) is 73.1 Å². The summed E-state index contributed by atoms with van der Waals surface area (Å²) in [5, 5.41) is 0. The van der Waals surface area contributed by atoms with E-state index >= 15 is 0 Å². The second-order valence-corrected chi connectivity index (χ2v) is 10.3. The van der Waals surface area contributed by atoms with Crippen LogP contribution in [0.15, 0.2) is 63.7 Å². The Balaban J connectivity index is 0.000000230. The van der Waals surface area contributed by atoms with Crippen molar-refractivity contribution >= 4 is 67.6 Å². The zero-order chi connectivity index (χ0) is 22.8. The van der Waals surface area contributed by atoms with E-state index in [9.17, 15) is 0 Å². The van der Waals surface area contributed by atoms with E-state index in [0.717, 1.165) is 18.3 Å². The van der Waals surface area contributed by atoms with E-state index in [1.807, 2.05) is 62.3 Å². The van der Waals surface area contributed by atoms with Crippen molar-refractivity contribution in [2.75, 3.05) is 0 Å². The van der Waals surface area contributed by atoms with Crippen molar-refractivity contribution in [1.29, 1.82) is 0 Å². The summed E-state index contributed by atoms with van der Waals surface area (Å²) in [7, 11) is -0.181. The third kappa shape index (κ3) is 9.72. The van der Waals surface area contributed by atoms with Gasteiger partial charge in [0.25, 0.3) is 0 Å². The monoisotopic (exact) mass is 648 g/mol. The Bertz CT molecular complexity index is 789. The third-order valence-corrected chi connectivity index (χ3v) is 5.98. The molecule has 162 valence electrons. The summed E-state index contributed by atoms with van der Waals surface area (Å²) < 4.78 is 14.5. The topological polar surface area (TPSA) is 44.2 Å². The maximum atomic E-state index is 5.70. The number of aromatic nitrogens is 2. The molecule has 0 unspecified atom stereocenters. The zero-order valence-corrected chi connectivity index (χ0v) is 23.5. The normalized spacial score (nSPS) is 16.8. The van der Waals surface area contributed by atoms with Crippen LogP contribution in [0, 0.1) is 3.70 Å². The molecule has 1 aliphatic heterocycles. The van der Waals surface area contributed by atoms with Crippen molar-refractivity contribution < 1.29 is 9.31 Å². The lowest BCUT2D eigenvalue weighted by Gasteiger charge is -2.32. The molecule has 0 atom stereocenters. The van der Waals surface area contributed by atoms with Crippen LogP contribution in [-0.2, 0) is 9.31 Å². The Morgan fingerprint density at radius 3 is 1.77 bits per heavy atom. The van der Waals surface area contributed by atoms with Gasteiger partial charge in [0.1, 0.15) is 3.70 Å². The number of rotatable bonds is 2. The van der Waals surface area contributed by atoms with Gasteiger partial charge in [-0.2, -0.15) is 0 Å². The van der Waals surface area contributed by atoms with Gasteiger partial charge in [-0.25, -0.2) is 4.98 Å². The van der Waals surface area contributed by atoms with Gasteiger partial charge in [-0.1, -0.05) is 18.1 Å². The van der Waals surface area contributed by atoms with Crippen molar-refractivity contribution in [2.45, 2.75) is 52.7 Å².